The van der Waals surface area contributed by atoms with Crippen LogP contribution in [0.25, 0.3) is 0 Å². The molecule has 6 nitrogen and oxygen atoms in total. The van der Waals surface area contributed by atoms with Crippen molar-refractivity contribution in [3.63, 3.8) is 0 Å². The van der Waals surface area contributed by atoms with Crippen LogP contribution >= 0.6 is 0 Å². The minimum atomic E-state index is -0.869. The van der Waals surface area contributed by atoms with E-state index in [-0.39, 0.29) is 6.42 Å². The molecule has 0 aliphatic carbocycles. The van der Waals surface area contributed by atoms with Gasteiger partial charge in [0, 0.05) is 11.8 Å². The highest BCUT2D eigenvalue weighted by atomic mass is 17.2. The van der Waals surface area contributed by atoms with Crippen molar-refractivity contribution >= 4 is 5.97 Å². The molecule has 0 fully saturated rings. The predicted octanol–water partition coefficient (Wildman–Crippen LogP) is 4.91. The minimum absolute atomic E-state index is 0.0128. The summed E-state index contributed by atoms with van der Waals surface area (Å²) in [6.45, 7) is 20.8. The van der Waals surface area contributed by atoms with Gasteiger partial charge in [0.05, 0.1) is 11.2 Å². The van der Waals surface area contributed by atoms with Gasteiger partial charge in [0.2, 0.25) is 0 Å². The van der Waals surface area contributed by atoms with Crippen LogP contribution in [0.15, 0.2) is 0 Å². The van der Waals surface area contributed by atoms with E-state index in [1.807, 2.05) is 76.2 Å². The minimum Gasteiger partial charge on any atom is -0.481 e. The van der Waals surface area contributed by atoms with Crippen LogP contribution in [0.3, 0.4) is 0 Å². The fraction of sp³-hybridized carbons (Fsp3) is 0.947. The van der Waals surface area contributed by atoms with Crippen LogP contribution < -0.4 is 0 Å². The summed E-state index contributed by atoms with van der Waals surface area (Å²) in [5.74, 6) is -0.869. The van der Waals surface area contributed by atoms with E-state index in [4.69, 9.17) is 19.6 Å². The lowest BCUT2D eigenvalue weighted by Gasteiger charge is -2.52. The van der Waals surface area contributed by atoms with Crippen molar-refractivity contribution in [1.29, 1.82) is 0 Å². The summed E-state index contributed by atoms with van der Waals surface area (Å²) in [7, 11) is 0. The first kappa shape index (κ1) is 24.3. The molecule has 0 aromatic heterocycles. The van der Waals surface area contributed by atoms with Gasteiger partial charge in [0.15, 0.2) is 0 Å². The number of aliphatic carboxylic acids is 1. The Labute approximate surface area is 153 Å². The van der Waals surface area contributed by atoms with Crippen molar-refractivity contribution in [3.05, 3.63) is 0 Å². The fourth-order valence-electron chi connectivity index (χ4n) is 2.33. The molecule has 0 aliphatic heterocycles. The maximum atomic E-state index is 11.2. The second-order valence-electron chi connectivity index (χ2n) is 9.80. The molecule has 25 heavy (non-hydrogen) atoms. The number of carboxylic acid groups (broad SMARTS) is 1. The largest absolute Gasteiger partial charge is 0.481 e. The third-order valence-corrected chi connectivity index (χ3v) is 4.50. The first-order valence-electron chi connectivity index (χ1n) is 8.78. The summed E-state index contributed by atoms with van der Waals surface area (Å²) in [6.07, 6.45) is 0.324. The second kappa shape index (κ2) is 7.91. The average molecular weight is 363 g/mol. The number of rotatable bonds is 9. The molecular formula is C19H38O6. The summed E-state index contributed by atoms with van der Waals surface area (Å²) < 4.78 is 0. The van der Waals surface area contributed by atoms with Crippen LogP contribution in [0.5, 0.6) is 0 Å². The van der Waals surface area contributed by atoms with Crippen molar-refractivity contribution in [1.82, 2.24) is 0 Å². The van der Waals surface area contributed by atoms with Gasteiger partial charge in [-0.05, 0) is 75.7 Å². The summed E-state index contributed by atoms with van der Waals surface area (Å²) >= 11 is 0. The summed E-state index contributed by atoms with van der Waals surface area (Å²) in [6, 6.07) is 0. The lowest BCUT2D eigenvalue weighted by molar-refractivity contribution is -0.460. The van der Waals surface area contributed by atoms with Gasteiger partial charge >= 0.3 is 5.97 Å². The van der Waals surface area contributed by atoms with Crippen molar-refractivity contribution in [2.75, 3.05) is 0 Å². The molecule has 6 heteroatoms. The zero-order valence-corrected chi connectivity index (χ0v) is 17.9. The Hall–Kier alpha value is -0.690. The van der Waals surface area contributed by atoms with Crippen molar-refractivity contribution in [2.24, 2.45) is 5.41 Å². The third kappa shape index (κ3) is 7.60. The van der Waals surface area contributed by atoms with Gasteiger partial charge in [-0.25, -0.2) is 19.6 Å². The van der Waals surface area contributed by atoms with Gasteiger partial charge in [-0.3, -0.25) is 4.79 Å². The highest BCUT2D eigenvalue weighted by Gasteiger charge is 2.55. The summed E-state index contributed by atoms with van der Waals surface area (Å²) in [5, 5.41) is 9.18. The van der Waals surface area contributed by atoms with Crippen molar-refractivity contribution in [3.8, 4) is 0 Å². The van der Waals surface area contributed by atoms with Crippen molar-refractivity contribution < 1.29 is 29.5 Å². The Bertz CT molecular complexity index is 410. The monoisotopic (exact) mass is 362 g/mol. The van der Waals surface area contributed by atoms with Crippen LogP contribution in [0.4, 0.5) is 0 Å². The Morgan fingerprint density at radius 1 is 0.680 bits per heavy atom. The molecule has 0 aromatic rings. The molecule has 0 saturated carbocycles. The zero-order valence-electron chi connectivity index (χ0n) is 17.9. The molecular weight excluding hydrogens is 324 g/mol. The maximum Gasteiger partial charge on any atom is 0.303 e. The highest BCUT2D eigenvalue weighted by molar-refractivity contribution is 5.66. The molecule has 0 amide bonds. The molecule has 150 valence electrons. The number of carbonyl (C=O) groups is 1. The molecule has 1 N–H and O–H groups in total. The first-order chi connectivity index (χ1) is 10.8. The number of hydrogen-bond donors (Lipinski definition) is 1. The van der Waals surface area contributed by atoms with E-state index in [1.165, 1.54) is 0 Å². The third-order valence-electron chi connectivity index (χ3n) is 4.50. The van der Waals surface area contributed by atoms with Crippen LogP contribution in [-0.2, 0) is 24.3 Å². The van der Waals surface area contributed by atoms with Gasteiger partial charge in [0.1, 0.15) is 11.2 Å². The predicted molar refractivity (Wildman–Crippen MR) is 97.0 cm³/mol. The Morgan fingerprint density at radius 3 is 1.24 bits per heavy atom. The number of carboxylic acids is 1. The summed E-state index contributed by atoms with van der Waals surface area (Å²) in [5.41, 5.74) is -3.36. The quantitative estimate of drug-likeness (QED) is 0.464. The lowest BCUT2D eigenvalue weighted by Crippen LogP contribution is -2.58. The topological polar surface area (TPSA) is 74.2 Å². The van der Waals surface area contributed by atoms with Gasteiger partial charge in [-0.2, -0.15) is 0 Å². The smallest absolute Gasteiger partial charge is 0.303 e. The molecule has 0 radical (unpaired) electrons. The first-order valence-corrected chi connectivity index (χ1v) is 8.78. The SMILES string of the molecule is CC(C)(C)OOC(C)(C)C(C)(CCC(=O)O)C(C)(C)OOC(C)(C)C. The van der Waals surface area contributed by atoms with E-state index in [0.717, 1.165) is 0 Å². The van der Waals surface area contributed by atoms with E-state index >= 15 is 0 Å². The zero-order chi connectivity index (χ0) is 20.3. The second-order valence-corrected chi connectivity index (χ2v) is 9.80. The fourth-order valence-corrected chi connectivity index (χ4v) is 2.33. The van der Waals surface area contributed by atoms with Gasteiger partial charge < -0.3 is 5.11 Å². The maximum absolute atomic E-state index is 11.2. The molecule has 0 bridgehead atoms. The van der Waals surface area contributed by atoms with Crippen LogP contribution in [-0.4, -0.2) is 33.5 Å². The van der Waals surface area contributed by atoms with Crippen molar-refractivity contribution in [2.45, 2.75) is 111 Å². The Morgan fingerprint density at radius 2 is 1.00 bits per heavy atom. The Kier molecular flexibility index (Phi) is 7.69. The molecule has 0 saturated heterocycles. The van der Waals surface area contributed by atoms with Crippen LogP contribution in [0, 0.1) is 5.41 Å². The van der Waals surface area contributed by atoms with Crippen LogP contribution in [0.1, 0.15) is 89.0 Å². The van der Waals surface area contributed by atoms with E-state index in [1.54, 1.807) is 0 Å². The molecule has 0 heterocycles. The standard InChI is InChI=1S/C19H38O6/c1-15(2,3)22-24-17(7,8)19(11,13-12-14(20)21)18(9,10)25-23-16(4,5)6/h12-13H2,1-11H3,(H,20,21). The van der Waals surface area contributed by atoms with E-state index in [2.05, 4.69) is 0 Å². The molecule has 0 rings (SSSR count). The van der Waals surface area contributed by atoms with E-state index in [0.29, 0.717) is 6.42 Å². The molecule has 0 aliphatic rings. The lowest BCUT2D eigenvalue weighted by atomic mass is 9.62. The molecule has 0 atom stereocenters. The highest BCUT2D eigenvalue weighted by Crippen LogP contribution is 2.49. The molecule has 0 aromatic carbocycles. The van der Waals surface area contributed by atoms with Gasteiger partial charge in [0.25, 0.3) is 0 Å². The van der Waals surface area contributed by atoms with Crippen LogP contribution in [0.2, 0.25) is 0 Å². The number of hydrogen-bond acceptors (Lipinski definition) is 5. The van der Waals surface area contributed by atoms with Gasteiger partial charge in [-0.1, -0.05) is 6.92 Å². The normalized spacial score (nSPS) is 14.7. The van der Waals surface area contributed by atoms with E-state index < -0.39 is 33.8 Å². The van der Waals surface area contributed by atoms with E-state index in [9.17, 15) is 9.90 Å². The Balaban J connectivity index is 5.63. The molecule has 0 spiro atoms. The van der Waals surface area contributed by atoms with Gasteiger partial charge in [-0.15, -0.1) is 0 Å². The average Bonchev–Trinajstić information content (AvgIpc) is 2.38. The summed E-state index contributed by atoms with van der Waals surface area (Å²) in [4.78, 5) is 33.8. The molecule has 0 unspecified atom stereocenters.